The van der Waals surface area contributed by atoms with Gasteiger partial charge in [0.1, 0.15) is 0 Å². The molecule has 1 aliphatic rings. The predicted octanol–water partition coefficient (Wildman–Crippen LogP) is 2.28. The number of nitrogens with zero attached hydrogens (tertiary/aromatic N) is 2. The van der Waals surface area contributed by atoms with Crippen molar-refractivity contribution in [3.63, 3.8) is 0 Å². The molecule has 1 N–H and O–H groups in total. The molecule has 0 spiro atoms. The number of benzene rings is 1. The van der Waals surface area contributed by atoms with Gasteiger partial charge >= 0.3 is 0 Å². The molecule has 2 amide bonds. The Balaban J connectivity index is 0.00000264. The summed E-state index contributed by atoms with van der Waals surface area (Å²) in [6, 6.07) is 5.53. The Hall–Kier alpha value is -1.30. The van der Waals surface area contributed by atoms with Crippen molar-refractivity contribution in [2.75, 3.05) is 39.1 Å². The highest BCUT2D eigenvalue weighted by Gasteiger charge is 2.33. The third-order valence-electron chi connectivity index (χ3n) is 3.93. The van der Waals surface area contributed by atoms with Crippen molar-refractivity contribution in [3.05, 3.63) is 28.8 Å². The normalized spacial score (nSPS) is 15.8. The minimum absolute atomic E-state index is 0. The van der Waals surface area contributed by atoms with Crippen molar-refractivity contribution in [2.45, 2.75) is 18.8 Å². The second kappa shape index (κ2) is 8.52. The highest BCUT2D eigenvalue weighted by Crippen LogP contribution is 2.40. The standard InChI is InChI=1S/C16H22ClN3O2.ClH/c1-18-7-6-15(21)20-10-11(8-16(22)19(2)3)13-9-12(17)4-5-14(13)20;/h4-5,9,11,18H,6-8,10H2,1-3H3;1H. The molecule has 1 unspecified atom stereocenters. The Kier molecular flexibility index (Phi) is 7.32. The van der Waals surface area contributed by atoms with E-state index < -0.39 is 0 Å². The van der Waals surface area contributed by atoms with E-state index in [9.17, 15) is 9.59 Å². The Morgan fingerprint density at radius 1 is 1.39 bits per heavy atom. The molecule has 2 rings (SSSR count). The van der Waals surface area contributed by atoms with Gasteiger partial charge < -0.3 is 15.1 Å². The maximum Gasteiger partial charge on any atom is 0.228 e. The molecule has 0 saturated carbocycles. The van der Waals surface area contributed by atoms with Crippen molar-refractivity contribution in [1.82, 2.24) is 10.2 Å². The Bertz CT molecular complexity index is 578. The van der Waals surface area contributed by atoms with Crippen LogP contribution in [0.1, 0.15) is 24.3 Å². The lowest BCUT2D eigenvalue weighted by atomic mass is 9.97. The second-order valence-electron chi connectivity index (χ2n) is 5.75. The first-order valence-electron chi connectivity index (χ1n) is 7.38. The van der Waals surface area contributed by atoms with Crippen LogP contribution in [0.4, 0.5) is 5.69 Å². The molecule has 1 aromatic carbocycles. The van der Waals surface area contributed by atoms with Crippen molar-refractivity contribution >= 4 is 41.5 Å². The zero-order valence-electron chi connectivity index (χ0n) is 13.6. The Morgan fingerprint density at radius 3 is 2.70 bits per heavy atom. The van der Waals surface area contributed by atoms with Gasteiger partial charge in [-0.05, 0) is 30.8 Å². The lowest BCUT2D eigenvalue weighted by molar-refractivity contribution is -0.129. The maximum atomic E-state index is 12.4. The zero-order valence-corrected chi connectivity index (χ0v) is 15.2. The van der Waals surface area contributed by atoms with Crippen molar-refractivity contribution in [2.24, 2.45) is 0 Å². The van der Waals surface area contributed by atoms with Crippen molar-refractivity contribution < 1.29 is 9.59 Å². The van der Waals surface area contributed by atoms with Gasteiger partial charge in [-0.25, -0.2) is 0 Å². The van der Waals surface area contributed by atoms with Crippen molar-refractivity contribution in [3.8, 4) is 0 Å². The number of carbonyl (C=O) groups is 2. The third kappa shape index (κ3) is 4.59. The van der Waals surface area contributed by atoms with Gasteiger partial charge in [0, 0.05) is 56.7 Å². The molecule has 1 aromatic rings. The summed E-state index contributed by atoms with van der Waals surface area (Å²) in [4.78, 5) is 27.7. The molecule has 0 radical (unpaired) electrons. The third-order valence-corrected chi connectivity index (χ3v) is 4.17. The van der Waals surface area contributed by atoms with Crippen LogP contribution in [0.2, 0.25) is 5.02 Å². The number of hydrogen-bond acceptors (Lipinski definition) is 3. The van der Waals surface area contributed by atoms with E-state index in [4.69, 9.17) is 11.6 Å². The zero-order chi connectivity index (χ0) is 16.3. The molecule has 7 heteroatoms. The molecule has 1 aliphatic heterocycles. The van der Waals surface area contributed by atoms with Crippen LogP contribution in [0.3, 0.4) is 0 Å². The molecular formula is C16H23Cl2N3O2. The van der Waals surface area contributed by atoms with Crippen LogP contribution >= 0.6 is 24.0 Å². The molecule has 1 atom stereocenters. The SMILES string of the molecule is CNCCC(=O)N1CC(CC(=O)N(C)C)c2cc(Cl)ccc21.Cl. The summed E-state index contributed by atoms with van der Waals surface area (Å²) in [6.07, 6.45) is 0.822. The fraction of sp³-hybridized carbons (Fsp3) is 0.500. The topological polar surface area (TPSA) is 52.7 Å². The maximum absolute atomic E-state index is 12.4. The summed E-state index contributed by atoms with van der Waals surface area (Å²) in [5, 5.41) is 3.61. The molecule has 5 nitrogen and oxygen atoms in total. The van der Waals surface area contributed by atoms with Crippen LogP contribution in [0.5, 0.6) is 0 Å². The summed E-state index contributed by atoms with van der Waals surface area (Å²) in [7, 11) is 5.31. The number of anilines is 1. The molecule has 23 heavy (non-hydrogen) atoms. The first-order chi connectivity index (χ1) is 10.4. The summed E-state index contributed by atoms with van der Waals surface area (Å²) in [5.74, 6) is 0.125. The fourth-order valence-electron chi connectivity index (χ4n) is 2.69. The minimum Gasteiger partial charge on any atom is -0.349 e. The number of nitrogens with one attached hydrogen (secondary N) is 1. The monoisotopic (exact) mass is 359 g/mol. The van der Waals surface area contributed by atoms with Gasteiger partial charge in [0.25, 0.3) is 0 Å². The van der Waals surface area contributed by atoms with Gasteiger partial charge in [-0.15, -0.1) is 12.4 Å². The first-order valence-corrected chi connectivity index (χ1v) is 7.76. The van der Waals surface area contributed by atoms with E-state index in [0.717, 1.165) is 11.3 Å². The molecule has 1 heterocycles. The molecule has 0 bridgehead atoms. The lowest BCUT2D eigenvalue weighted by Gasteiger charge is -2.18. The molecule has 0 fully saturated rings. The Labute approximate surface area is 148 Å². The van der Waals surface area contributed by atoms with E-state index >= 15 is 0 Å². The quantitative estimate of drug-likeness (QED) is 0.877. The summed E-state index contributed by atoms with van der Waals surface area (Å²) in [5.41, 5.74) is 1.86. The van der Waals surface area contributed by atoms with Crippen molar-refractivity contribution in [1.29, 1.82) is 0 Å². The Morgan fingerprint density at radius 2 is 2.09 bits per heavy atom. The molecule has 0 saturated heterocycles. The molecule has 0 aromatic heterocycles. The number of amides is 2. The first kappa shape index (κ1) is 19.7. The number of fused-ring (bicyclic) bond motifs is 1. The van der Waals surface area contributed by atoms with Gasteiger partial charge in [0.05, 0.1) is 0 Å². The number of carbonyl (C=O) groups excluding carboxylic acids is 2. The fourth-order valence-corrected chi connectivity index (χ4v) is 2.87. The van der Waals surface area contributed by atoms with Crippen LogP contribution < -0.4 is 10.2 Å². The van der Waals surface area contributed by atoms with E-state index in [1.54, 1.807) is 30.0 Å². The van der Waals surface area contributed by atoms with E-state index in [2.05, 4.69) is 5.32 Å². The van der Waals surface area contributed by atoms with E-state index in [-0.39, 0.29) is 30.1 Å². The van der Waals surface area contributed by atoms with Crippen LogP contribution in [-0.4, -0.2) is 50.9 Å². The lowest BCUT2D eigenvalue weighted by Crippen LogP contribution is -2.32. The number of hydrogen-bond donors (Lipinski definition) is 1. The highest BCUT2D eigenvalue weighted by molar-refractivity contribution is 6.30. The smallest absolute Gasteiger partial charge is 0.228 e. The molecular weight excluding hydrogens is 337 g/mol. The van der Waals surface area contributed by atoms with Crippen LogP contribution in [0.15, 0.2) is 18.2 Å². The van der Waals surface area contributed by atoms with Gasteiger partial charge in [-0.3, -0.25) is 9.59 Å². The number of halogens is 2. The second-order valence-corrected chi connectivity index (χ2v) is 6.19. The summed E-state index contributed by atoms with van der Waals surface area (Å²) < 4.78 is 0. The van der Waals surface area contributed by atoms with E-state index in [0.29, 0.717) is 31.0 Å². The van der Waals surface area contributed by atoms with E-state index in [1.807, 2.05) is 19.2 Å². The summed E-state index contributed by atoms with van der Waals surface area (Å²) in [6.45, 7) is 1.18. The summed E-state index contributed by atoms with van der Waals surface area (Å²) >= 11 is 6.09. The predicted molar refractivity (Wildman–Crippen MR) is 95.6 cm³/mol. The minimum atomic E-state index is 0. The highest BCUT2D eigenvalue weighted by atomic mass is 35.5. The van der Waals surface area contributed by atoms with E-state index in [1.165, 1.54) is 0 Å². The average molecular weight is 360 g/mol. The van der Waals surface area contributed by atoms with Gasteiger partial charge in [-0.2, -0.15) is 0 Å². The molecule has 0 aliphatic carbocycles. The van der Waals surface area contributed by atoms with Gasteiger partial charge in [-0.1, -0.05) is 11.6 Å². The van der Waals surface area contributed by atoms with Crippen LogP contribution in [0.25, 0.3) is 0 Å². The van der Waals surface area contributed by atoms with Gasteiger partial charge in [0.15, 0.2) is 0 Å². The largest absolute Gasteiger partial charge is 0.349 e. The molecule has 128 valence electrons. The average Bonchev–Trinajstić information content (AvgIpc) is 2.82. The van der Waals surface area contributed by atoms with Crippen LogP contribution in [0, 0.1) is 0 Å². The number of rotatable bonds is 5. The van der Waals surface area contributed by atoms with Crippen LogP contribution in [-0.2, 0) is 9.59 Å². The van der Waals surface area contributed by atoms with Gasteiger partial charge in [0.2, 0.25) is 11.8 Å².